The molecule has 0 atom stereocenters. The lowest BCUT2D eigenvalue weighted by Gasteiger charge is -2.02. The van der Waals surface area contributed by atoms with Gasteiger partial charge in [-0.05, 0) is 19.1 Å². The van der Waals surface area contributed by atoms with Gasteiger partial charge < -0.3 is 9.84 Å². The Labute approximate surface area is 106 Å². The number of fused-ring (bicyclic) bond motifs is 1. The molecule has 0 aliphatic heterocycles. The highest BCUT2D eigenvalue weighted by Gasteiger charge is 2.16. The number of ether oxygens (including phenoxy) is 1. The molecule has 1 amide bonds. The average molecular weight is 266 g/mol. The number of nitrogens with one attached hydrogen (secondary N) is 1. The third-order valence-corrected chi connectivity index (χ3v) is 3.32. The summed E-state index contributed by atoms with van der Waals surface area (Å²) in [5.41, 5.74) is 0.987. The summed E-state index contributed by atoms with van der Waals surface area (Å²) in [7, 11) is 1.49. The van der Waals surface area contributed by atoms with Gasteiger partial charge in [-0.1, -0.05) is 11.3 Å². The fourth-order valence-electron chi connectivity index (χ4n) is 1.57. The summed E-state index contributed by atoms with van der Waals surface area (Å²) >= 11 is 1.11. The maximum absolute atomic E-state index is 11.5. The molecular weight excluding hydrogens is 256 g/mol. The molecule has 0 aliphatic carbocycles. The highest BCUT2D eigenvalue weighted by Crippen LogP contribution is 2.35. The van der Waals surface area contributed by atoms with E-state index in [0.29, 0.717) is 21.5 Å². The zero-order valence-electron chi connectivity index (χ0n) is 9.68. The van der Waals surface area contributed by atoms with Crippen LogP contribution in [0.2, 0.25) is 0 Å². The molecule has 0 unspecified atom stereocenters. The third-order valence-electron chi connectivity index (χ3n) is 2.32. The quantitative estimate of drug-likeness (QED) is 0.833. The molecule has 6 nitrogen and oxygen atoms in total. The van der Waals surface area contributed by atoms with Crippen molar-refractivity contribution < 1.29 is 19.4 Å². The topological polar surface area (TPSA) is 88.5 Å². The van der Waals surface area contributed by atoms with Crippen molar-refractivity contribution in [2.45, 2.75) is 6.92 Å². The minimum Gasteiger partial charge on any atom is -0.494 e. The molecule has 0 saturated carbocycles. The van der Waals surface area contributed by atoms with Gasteiger partial charge in [0.15, 0.2) is 10.9 Å². The van der Waals surface area contributed by atoms with Crippen LogP contribution in [0.15, 0.2) is 12.1 Å². The van der Waals surface area contributed by atoms with Crippen LogP contribution in [0, 0.1) is 0 Å². The molecule has 1 heterocycles. The van der Waals surface area contributed by atoms with Crippen LogP contribution in [0.4, 0.5) is 9.93 Å². The summed E-state index contributed by atoms with van der Waals surface area (Å²) in [5.74, 6) is 0.401. The first-order valence-electron chi connectivity index (χ1n) is 5.01. The van der Waals surface area contributed by atoms with Gasteiger partial charge in [0.2, 0.25) is 0 Å². The molecule has 0 fully saturated rings. The number of ketones is 1. The van der Waals surface area contributed by atoms with Crippen molar-refractivity contribution in [3.63, 3.8) is 0 Å². The van der Waals surface area contributed by atoms with E-state index in [-0.39, 0.29) is 10.9 Å². The van der Waals surface area contributed by atoms with Crippen molar-refractivity contribution >= 4 is 38.6 Å². The molecule has 18 heavy (non-hydrogen) atoms. The SMILES string of the molecule is COc1ccc(C(C)=O)c2sc(NC(=O)O)nc12. The van der Waals surface area contributed by atoms with Gasteiger partial charge in [-0.3, -0.25) is 10.1 Å². The molecule has 0 spiro atoms. The lowest BCUT2D eigenvalue weighted by Crippen LogP contribution is -2.06. The Morgan fingerprint density at radius 3 is 2.72 bits per heavy atom. The average Bonchev–Trinajstić information content (AvgIpc) is 2.69. The number of rotatable bonds is 3. The highest BCUT2D eigenvalue weighted by molar-refractivity contribution is 7.22. The first-order valence-corrected chi connectivity index (χ1v) is 5.83. The fraction of sp³-hybridized carbons (Fsp3) is 0.182. The van der Waals surface area contributed by atoms with E-state index in [2.05, 4.69) is 10.3 Å². The second-order valence-electron chi connectivity index (χ2n) is 3.50. The summed E-state index contributed by atoms with van der Waals surface area (Å²) in [4.78, 5) is 26.2. The van der Waals surface area contributed by atoms with Crippen molar-refractivity contribution in [2.75, 3.05) is 12.4 Å². The van der Waals surface area contributed by atoms with E-state index < -0.39 is 6.09 Å². The molecule has 0 aliphatic rings. The minimum absolute atomic E-state index is 0.104. The van der Waals surface area contributed by atoms with E-state index in [1.165, 1.54) is 14.0 Å². The third kappa shape index (κ3) is 2.12. The van der Waals surface area contributed by atoms with Crippen LogP contribution in [0.1, 0.15) is 17.3 Å². The summed E-state index contributed by atoms with van der Waals surface area (Å²) in [5, 5.41) is 11.0. The Morgan fingerprint density at radius 2 is 2.17 bits per heavy atom. The van der Waals surface area contributed by atoms with Crippen molar-refractivity contribution in [1.82, 2.24) is 4.98 Å². The number of anilines is 1. The number of carboxylic acid groups (broad SMARTS) is 1. The number of aromatic nitrogens is 1. The number of carbonyl (C=O) groups excluding carboxylic acids is 1. The van der Waals surface area contributed by atoms with E-state index in [4.69, 9.17) is 9.84 Å². The van der Waals surface area contributed by atoms with Crippen LogP contribution in [-0.2, 0) is 0 Å². The van der Waals surface area contributed by atoms with Crippen molar-refractivity contribution in [3.05, 3.63) is 17.7 Å². The van der Waals surface area contributed by atoms with Gasteiger partial charge in [-0.15, -0.1) is 0 Å². The van der Waals surface area contributed by atoms with Gasteiger partial charge in [0.25, 0.3) is 0 Å². The van der Waals surface area contributed by atoms with E-state index in [9.17, 15) is 9.59 Å². The molecule has 1 aromatic carbocycles. The largest absolute Gasteiger partial charge is 0.494 e. The van der Waals surface area contributed by atoms with Crippen molar-refractivity contribution in [2.24, 2.45) is 0 Å². The summed E-state index contributed by atoms with van der Waals surface area (Å²) in [6.07, 6.45) is -1.20. The summed E-state index contributed by atoms with van der Waals surface area (Å²) in [6.45, 7) is 1.45. The summed E-state index contributed by atoms with van der Waals surface area (Å²) in [6, 6.07) is 3.29. The maximum Gasteiger partial charge on any atom is 0.410 e. The predicted molar refractivity (Wildman–Crippen MR) is 67.8 cm³/mol. The molecule has 2 N–H and O–H groups in total. The molecule has 2 rings (SSSR count). The fourth-order valence-corrected chi connectivity index (χ4v) is 2.60. The van der Waals surface area contributed by atoms with Crippen LogP contribution < -0.4 is 10.1 Å². The molecular formula is C11H10N2O4S. The van der Waals surface area contributed by atoms with Gasteiger partial charge in [0.1, 0.15) is 11.3 Å². The Bertz CT molecular complexity index is 635. The minimum atomic E-state index is -1.20. The Morgan fingerprint density at radius 1 is 1.44 bits per heavy atom. The number of thiazole rings is 1. The van der Waals surface area contributed by atoms with Gasteiger partial charge in [-0.25, -0.2) is 9.78 Å². The van der Waals surface area contributed by atoms with Gasteiger partial charge in [0.05, 0.1) is 11.8 Å². The van der Waals surface area contributed by atoms with E-state index in [0.717, 1.165) is 11.3 Å². The number of nitrogens with zero attached hydrogens (tertiary/aromatic N) is 1. The number of benzene rings is 1. The zero-order chi connectivity index (χ0) is 13.3. The standard InChI is InChI=1S/C11H10N2O4S/c1-5(14)6-3-4-7(17-2)8-9(6)18-10(12-8)13-11(15)16/h3-4H,1-2H3,(H,12,13)(H,15,16). The van der Waals surface area contributed by atoms with Gasteiger partial charge in [-0.2, -0.15) is 0 Å². The van der Waals surface area contributed by atoms with E-state index in [1.54, 1.807) is 12.1 Å². The van der Waals surface area contributed by atoms with Crippen LogP contribution in [-0.4, -0.2) is 29.1 Å². The number of hydrogen-bond donors (Lipinski definition) is 2. The lowest BCUT2D eigenvalue weighted by atomic mass is 10.1. The van der Waals surface area contributed by atoms with Crippen molar-refractivity contribution in [1.29, 1.82) is 0 Å². The van der Waals surface area contributed by atoms with Crippen LogP contribution in [0.25, 0.3) is 10.2 Å². The molecule has 0 saturated heterocycles. The second kappa shape index (κ2) is 4.61. The first kappa shape index (κ1) is 12.3. The number of amides is 1. The zero-order valence-corrected chi connectivity index (χ0v) is 10.5. The number of hydrogen-bond acceptors (Lipinski definition) is 5. The Kier molecular flexibility index (Phi) is 3.15. The van der Waals surface area contributed by atoms with Crippen LogP contribution in [0.3, 0.4) is 0 Å². The Balaban J connectivity index is 2.66. The number of Topliss-reactive ketones (excluding diaryl/α,β-unsaturated/α-hetero) is 1. The summed E-state index contributed by atoms with van der Waals surface area (Å²) < 4.78 is 5.75. The maximum atomic E-state index is 11.5. The smallest absolute Gasteiger partial charge is 0.410 e. The van der Waals surface area contributed by atoms with E-state index >= 15 is 0 Å². The van der Waals surface area contributed by atoms with Gasteiger partial charge >= 0.3 is 6.09 Å². The molecule has 94 valence electrons. The predicted octanol–water partition coefficient (Wildman–Crippen LogP) is 2.60. The number of carbonyl (C=O) groups is 2. The van der Waals surface area contributed by atoms with Gasteiger partial charge in [0, 0.05) is 5.56 Å². The van der Waals surface area contributed by atoms with Crippen LogP contribution >= 0.6 is 11.3 Å². The highest BCUT2D eigenvalue weighted by atomic mass is 32.1. The monoisotopic (exact) mass is 266 g/mol. The first-order chi connectivity index (χ1) is 8.52. The lowest BCUT2D eigenvalue weighted by molar-refractivity contribution is 0.101. The Hall–Kier alpha value is -2.15. The number of methoxy groups -OCH3 is 1. The molecule has 0 radical (unpaired) electrons. The molecule has 0 bridgehead atoms. The molecule has 2 aromatic rings. The van der Waals surface area contributed by atoms with E-state index in [1.807, 2.05) is 0 Å². The van der Waals surface area contributed by atoms with Crippen LogP contribution in [0.5, 0.6) is 5.75 Å². The normalized spacial score (nSPS) is 10.3. The van der Waals surface area contributed by atoms with Crippen molar-refractivity contribution in [3.8, 4) is 5.75 Å². The second-order valence-corrected chi connectivity index (χ2v) is 4.50. The molecule has 7 heteroatoms. The molecule has 1 aromatic heterocycles.